The van der Waals surface area contributed by atoms with Crippen LogP contribution in [-0.4, -0.2) is 12.4 Å². The Balaban J connectivity index is 1.78. The molecule has 3 aromatic rings. The minimum absolute atomic E-state index is 0.0153. The maximum atomic E-state index is 6.11. The lowest BCUT2D eigenvalue weighted by Gasteiger charge is -2.20. The Hall–Kier alpha value is -2.49. The molecule has 0 aliphatic carbocycles. The first-order valence-corrected chi connectivity index (χ1v) is 10.4. The normalized spacial score (nSPS) is 18.3. The van der Waals surface area contributed by atoms with Gasteiger partial charge in [0.2, 0.25) is 0 Å². The van der Waals surface area contributed by atoms with Crippen molar-refractivity contribution in [1.29, 1.82) is 0 Å². The molecule has 3 nitrogen and oxygen atoms in total. The molecule has 1 aliphatic rings. The molecule has 2 unspecified atom stereocenters. The summed E-state index contributed by atoms with van der Waals surface area (Å²) in [6.07, 6.45) is 0. The maximum absolute atomic E-state index is 6.11. The van der Waals surface area contributed by atoms with Crippen molar-refractivity contribution >= 4 is 29.0 Å². The van der Waals surface area contributed by atoms with Crippen molar-refractivity contribution in [1.82, 2.24) is 5.32 Å². The monoisotopic (exact) mass is 424 g/mol. The smallest absolute Gasteiger partial charge is 0.133 e. The fraction of sp³-hybridized carbons (Fsp3) is 0.208. The second kappa shape index (κ2) is 8.48. The van der Waals surface area contributed by atoms with E-state index in [9.17, 15) is 0 Å². The van der Waals surface area contributed by atoms with E-state index in [-0.39, 0.29) is 12.1 Å². The number of aryl methyl sites for hydroxylation is 1. The molecule has 1 aliphatic heterocycles. The predicted molar refractivity (Wildman–Crippen MR) is 120 cm³/mol. The summed E-state index contributed by atoms with van der Waals surface area (Å²) in [5.41, 5.74) is 4.36. The van der Waals surface area contributed by atoms with Crippen molar-refractivity contribution in [3.63, 3.8) is 0 Å². The van der Waals surface area contributed by atoms with Crippen LogP contribution in [-0.2, 0) is 0 Å². The van der Waals surface area contributed by atoms with E-state index in [0.717, 1.165) is 33.8 Å². The molecule has 29 heavy (non-hydrogen) atoms. The van der Waals surface area contributed by atoms with Crippen LogP contribution in [0.2, 0.25) is 10.0 Å². The molecule has 1 N–H and O–H groups in total. The third-order valence-electron chi connectivity index (χ3n) is 5.01. The summed E-state index contributed by atoms with van der Waals surface area (Å²) < 4.78 is 5.86. The molecule has 0 saturated heterocycles. The molecular formula is C24H22Cl2N2O. The van der Waals surface area contributed by atoms with E-state index in [0.29, 0.717) is 16.7 Å². The van der Waals surface area contributed by atoms with Crippen molar-refractivity contribution in [3.8, 4) is 5.75 Å². The van der Waals surface area contributed by atoms with Gasteiger partial charge in [0.15, 0.2) is 0 Å². The number of hydrogen-bond acceptors (Lipinski definition) is 3. The van der Waals surface area contributed by atoms with Crippen molar-refractivity contribution in [3.05, 3.63) is 99.0 Å². The first kappa shape index (κ1) is 19.8. The lowest BCUT2D eigenvalue weighted by Crippen LogP contribution is -2.25. The Morgan fingerprint density at radius 2 is 1.52 bits per heavy atom. The molecule has 0 saturated carbocycles. The molecule has 0 bridgehead atoms. The second-order valence-corrected chi connectivity index (χ2v) is 7.95. The Morgan fingerprint density at radius 1 is 0.897 bits per heavy atom. The lowest BCUT2D eigenvalue weighted by atomic mass is 9.95. The summed E-state index contributed by atoms with van der Waals surface area (Å²) >= 11 is 12.2. The van der Waals surface area contributed by atoms with Crippen LogP contribution in [0.15, 0.2) is 71.7 Å². The molecule has 0 fully saturated rings. The molecule has 0 radical (unpaired) electrons. The number of nitrogens with one attached hydrogen (secondary N) is 1. The van der Waals surface area contributed by atoms with Crippen LogP contribution in [0.4, 0.5) is 0 Å². The van der Waals surface area contributed by atoms with Crippen molar-refractivity contribution in [2.24, 2.45) is 4.99 Å². The molecule has 0 aromatic heterocycles. The molecule has 5 heteroatoms. The third kappa shape index (κ3) is 4.26. The van der Waals surface area contributed by atoms with Gasteiger partial charge < -0.3 is 10.1 Å². The van der Waals surface area contributed by atoms with Gasteiger partial charge in [-0.1, -0.05) is 59.1 Å². The Kier molecular flexibility index (Phi) is 5.79. The minimum atomic E-state index is -0.0848. The summed E-state index contributed by atoms with van der Waals surface area (Å²) in [6.45, 7) is 4.66. The SMILES string of the molecule is CCOc1ccc(C)cc1C1=NC(c2ccc(Cl)cc2)C(c2ccc(Cl)cc2)N1. The van der Waals surface area contributed by atoms with Gasteiger partial charge in [0, 0.05) is 10.0 Å². The van der Waals surface area contributed by atoms with Gasteiger partial charge in [0.1, 0.15) is 17.6 Å². The van der Waals surface area contributed by atoms with Crippen LogP contribution < -0.4 is 10.1 Å². The molecule has 4 rings (SSSR count). The number of hydrogen-bond donors (Lipinski definition) is 1. The average Bonchev–Trinajstić information content (AvgIpc) is 3.16. The largest absolute Gasteiger partial charge is 0.493 e. The maximum Gasteiger partial charge on any atom is 0.133 e. The number of nitrogens with zero attached hydrogens (tertiary/aromatic N) is 1. The van der Waals surface area contributed by atoms with Crippen LogP contribution in [0.3, 0.4) is 0 Å². The van der Waals surface area contributed by atoms with Crippen molar-refractivity contribution in [2.75, 3.05) is 6.61 Å². The highest BCUT2D eigenvalue weighted by Crippen LogP contribution is 2.39. The number of benzene rings is 3. The predicted octanol–water partition coefficient (Wildman–Crippen LogP) is 6.53. The van der Waals surface area contributed by atoms with Crippen LogP contribution in [0.1, 0.15) is 41.3 Å². The van der Waals surface area contributed by atoms with E-state index in [4.69, 9.17) is 32.9 Å². The van der Waals surface area contributed by atoms with Crippen LogP contribution >= 0.6 is 23.2 Å². The van der Waals surface area contributed by atoms with E-state index < -0.39 is 0 Å². The minimum Gasteiger partial charge on any atom is -0.493 e. The molecule has 2 atom stereocenters. The van der Waals surface area contributed by atoms with Crippen LogP contribution in [0.5, 0.6) is 5.75 Å². The van der Waals surface area contributed by atoms with E-state index >= 15 is 0 Å². The van der Waals surface area contributed by atoms with Gasteiger partial charge in [-0.25, -0.2) is 0 Å². The van der Waals surface area contributed by atoms with Gasteiger partial charge in [-0.05, 0) is 61.4 Å². The molecule has 148 valence electrons. The van der Waals surface area contributed by atoms with Gasteiger partial charge in [0.25, 0.3) is 0 Å². The fourth-order valence-electron chi connectivity index (χ4n) is 3.60. The van der Waals surface area contributed by atoms with Crippen LogP contribution in [0.25, 0.3) is 0 Å². The van der Waals surface area contributed by atoms with Crippen molar-refractivity contribution < 1.29 is 4.74 Å². The van der Waals surface area contributed by atoms with Gasteiger partial charge >= 0.3 is 0 Å². The highest BCUT2D eigenvalue weighted by Gasteiger charge is 2.32. The number of ether oxygens (including phenoxy) is 1. The zero-order valence-corrected chi connectivity index (χ0v) is 17.8. The van der Waals surface area contributed by atoms with Gasteiger partial charge in [-0.15, -0.1) is 0 Å². The van der Waals surface area contributed by atoms with Gasteiger partial charge in [-0.2, -0.15) is 0 Å². The van der Waals surface area contributed by atoms with E-state index in [1.165, 1.54) is 0 Å². The highest BCUT2D eigenvalue weighted by molar-refractivity contribution is 6.30. The van der Waals surface area contributed by atoms with E-state index in [1.54, 1.807) is 0 Å². The summed E-state index contributed by atoms with van der Waals surface area (Å²) in [4.78, 5) is 5.07. The highest BCUT2D eigenvalue weighted by atomic mass is 35.5. The number of amidine groups is 1. The second-order valence-electron chi connectivity index (χ2n) is 7.08. The lowest BCUT2D eigenvalue weighted by molar-refractivity contribution is 0.339. The summed E-state index contributed by atoms with van der Waals surface area (Å²) in [6, 6.07) is 21.8. The number of halogens is 2. The number of aliphatic imine (C=N–C) groups is 1. The average molecular weight is 425 g/mol. The topological polar surface area (TPSA) is 33.6 Å². The molecule has 1 heterocycles. The van der Waals surface area contributed by atoms with Crippen LogP contribution in [0, 0.1) is 6.92 Å². The first-order chi connectivity index (χ1) is 14.0. The van der Waals surface area contributed by atoms with E-state index in [2.05, 4.69) is 24.4 Å². The standard InChI is InChI=1S/C24H22Cl2N2O/c1-3-29-21-13-4-15(2)14-20(21)24-27-22(16-5-9-18(25)10-6-16)23(28-24)17-7-11-19(26)12-8-17/h4-14,22-23H,3H2,1-2H3,(H,27,28). The quantitative estimate of drug-likeness (QED) is 0.504. The van der Waals surface area contributed by atoms with Gasteiger partial charge in [-0.3, -0.25) is 4.99 Å². The third-order valence-corrected chi connectivity index (χ3v) is 5.51. The van der Waals surface area contributed by atoms with Gasteiger partial charge in [0.05, 0.1) is 18.2 Å². The Morgan fingerprint density at radius 3 is 2.14 bits per heavy atom. The Labute approximate surface area is 181 Å². The first-order valence-electron chi connectivity index (χ1n) is 9.64. The molecule has 0 spiro atoms. The zero-order chi connectivity index (χ0) is 20.4. The molecule has 3 aromatic carbocycles. The molecule has 0 amide bonds. The summed E-state index contributed by atoms with van der Waals surface area (Å²) in [5, 5.41) is 5.05. The van der Waals surface area contributed by atoms with Crippen molar-refractivity contribution in [2.45, 2.75) is 25.9 Å². The summed E-state index contributed by atoms with van der Waals surface area (Å²) in [5.74, 6) is 1.66. The van der Waals surface area contributed by atoms with E-state index in [1.807, 2.05) is 61.5 Å². The Bertz CT molecular complexity index is 1030. The molecular weight excluding hydrogens is 403 g/mol. The zero-order valence-electron chi connectivity index (χ0n) is 16.3. The fourth-order valence-corrected chi connectivity index (χ4v) is 3.85. The number of rotatable bonds is 5. The summed E-state index contributed by atoms with van der Waals surface area (Å²) in [7, 11) is 0.